The standard InChI is InChI=1S/C27H29NO5/c1-7-8-17-11-20-22-13-25(32-5)26(33-6)14-23(22)21-12-18(31-4)9-10-19(21)24(20)15-28(17)27(29)16(2)30-3/h7,9-10,12-14,17H,1-2,8,11,15H2,3-6H3. The van der Waals surface area contributed by atoms with Crippen LogP contribution in [0.15, 0.2) is 55.3 Å². The van der Waals surface area contributed by atoms with Gasteiger partial charge in [-0.05, 0) is 69.8 Å². The molecule has 0 aliphatic carbocycles. The molecule has 1 aliphatic rings. The van der Waals surface area contributed by atoms with Crippen molar-refractivity contribution in [1.82, 2.24) is 4.90 Å². The first kappa shape index (κ1) is 22.5. The molecule has 4 rings (SSSR count). The molecule has 1 unspecified atom stereocenters. The fourth-order valence-corrected chi connectivity index (χ4v) is 4.76. The fourth-order valence-electron chi connectivity index (χ4n) is 4.76. The van der Waals surface area contributed by atoms with Gasteiger partial charge in [-0.2, -0.15) is 0 Å². The zero-order chi connectivity index (χ0) is 23.7. The van der Waals surface area contributed by atoms with E-state index in [1.165, 1.54) is 12.7 Å². The topological polar surface area (TPSA) is 57.2 Å². The minimum atomic E-state index is -0.205. The average molecular weight is 448 g/mol. The van der Waals surface area contributed by atoms with Crippen LogP contribution < -0.4 is 14.2 Å². The third kappa shape index (κ3) is 3.75. The molecule has 0 bridgehead atoms. The van der Waals surface area contributed by atoms with Crippen molar-refractivity contribution in [2.75, 3.05) is 28.4 Å². The Morgan fingerprint density at radius 3 is 2.24 bits per heavy atom. The number of ether oxygens (including phenoxy) is 4. The molecule has 33 heavy (non-hydrogen) atoms. The van der Waals surface area contributed by atoms with Gasteiger partial charge in [-0.15, -0.1) is 6.58 Å². The van der Waals surface area contributed by atoms with Gasteiger partial charge in [0.15, 0.2) is 17.3 Å². The molecule has 0 saturated heterocycles. The molecule has 0 N–H and O–H groups in total. The molecule has 0 radical (unpaired) electrons. The van der Waals surface area contributed by atoms with Crippen molar-refractivity contribution in [3.63, 3.8) is 0 Å². The second kappa shape index (κ2) is 9.06. The Morgan fingerprint density at radius 1 is 0.970 bits per heavy atom. The molecule has 0 fully saturated rings. The second-order valence-corrected chi connectivity index (χ2v) is 8.06. The van der Waals surface area contributed by atoms with Crippen LogP contribution in [0.4, 0.5) is 0 Å². The molecule has 0 saturated carbocycles. The third-order valence-electron chi connectivity index (χ3n) is 6.45. The summed E-state index contributed by atoms with van der Waals surface area (Å²) in [5.41, 5.74) is 2.30. The van der Waals surface area contributed by atoms with Crippen LogP contribution in [0.2, 0.25) is 0 Å². The van der Waals surface area contributed by atoms with Crippen molar-refractivity contribution in [2.45, 2.75) is 25.4 Å². The first-order valence-corrected chi connectivity index (χ1v) is 10.8. The zero-order valence-corrected chi connectivity index (χ0v) is 19.6. The van der Waals surface area contributed by atoms with E-state index in [0.29, 0.717) is 30.9 Å². The molecular weight excluding hydrogens is 418 g/mol. The van der Waals surface area contributed by atoms with Gasteiger partial charge in [-0.25, -0.2) is 0 Å². The van der Waals surface area contributed by atoms with Crippen molar-refractivity contribution >= 4 is 27.5 Å². The number of nitrogens with zero attached hydrogens (tertiary/aromatic N) is 1. The summed E-state index contributed by atoms with van der Waals surface area (Å²) in [7, 11) is 6.39. The van der Waals surface area contributed by atoms with Crippen LogP contribution in [-0.2, 0) is 22.5 Å². The monoisotopic (exact) mass is 447 g/mol. The van der Waals surface area contributed by atoms with Crippen LogP contribution >= 0.6 is 0 Å². The number of fused-ring (bicyclic) bond motifs is 6. The van der Waals surface area contributed by atoms with Crippen LogP contribution in [0.3, 0.4) is 0 Å². The molecule has 3 aromatic rings. The SMILES string of the molecule is C=CCC1Cc2c(c3ccc(OC)cc3c3cc(OC)c(OC)cc23)CN1C(=O)C(=C)OC. The molecular formula is C27H29NO5. The Labute approximate surface area is 194 Å². The summed E-state index contributed by atoms with van der Waals surface area (Å²) in [6.07, 6.45) is 3.19. The Bertz CT molecular complexity index is 1260. The van der Waals surface area contributed by atoms with Gasteiger partial charge in [-0.3, -0.25) is 4.79 Å². The fraction of sp³-hybridized carbons (Fsp3) is 0.296. The van der Waals surface area contributed by atoms with Crippen molar-refractivity contribution in [2.24, 2.45) is 0 Å². The van der Waals surface area contributed by atoms with Crippen molar-refractivity contribution in [3.05, 3.63) is 66.5 Å². The lowest BCUT2D eigenvalue weighted by Gasteiger charge is -2.38. The van der Waals surface area contributed by atoms with E-state index in [0.717, 1.165) is 32.9 Å². The first-order valence-electron chi connectivity index (χ1n) is 10.8. The molecule has 0 spiro atoms. The summed E-state index contributed by atoms with van der Waals surface area (Å²) >= 11 is 0. The number of benzene rings is 3. The minimum absolute atomic E-state index is 0.0543. The lowest BCUT2D eigenvalue weighted by molar-refractivity contribution is -0.133. The third-order valence-corrected chi connectivity index (χ3v) is 6.45. The van der Waals surface area contributed by atoms with Crippen LogP contribution in [-0.4, -0.2) is 45.3 Å². The molecule has 1 heterocycles. The van der Waals surface area contributed by atoms with Gasteiger partial charge in [0.25, 0.3) is 5.91 Å². The first-order chi connectivity index (χ1) is 16.0. The highest BCUT2D eigenvalue weighted by Gasteiger charge is 2.33. The van der Waals surface area contributed by atoms with Gasteiger partial charge in [-0.1, -0.05) is 18.7 Å². The maximum Gasteiger partial charge on any atom is 0.288 e. The lowest BCUT2D eigenvalue weighted by atomic mass is 9.84. The number of rotatable bonds is 7. The summed E-state index contributed by atoms with van der Waals surface area (Å²) in [5.74, 6) is 2.02. The number of carbonyl (C=O) groups excluding carboxylic acids is 1. The molecule has 172 valence electrons. The van der Waals surface area contributed by atoms with Crippen molar-refractivity contribution < 1.29 is 23.7 Å². The number of hydrogen-bond acceptors (Lipinski definition) is 5. The number of amides is 1. The van der Waals surface area contributed by atoms with Gasteiger partial charge >= 0.3 is 0 Å². The molecule has 3 aromatic carbocycles. The zero-order valence-electron chi connectivity index (χ0n) is 19.6. The van der Waals surface area contributed by atoms with Crippen LogP contribution in [0.5, 0.6) is 17.2 Å². The van der Waals surface area contributed by atoms with Gasteiger partial charge in [0.05, 0.1) is 28.4 Å². The van der Waals surface area contributed by atoms with E-state index in [9.17, 15) is 4.79 Å². The largest absolute Gasteiger partial charge is 0.497 e. The minimum Gasteiger partial charge on any atom is -0.497 e. The number of methoxy groups -OCH3 is 4. The van der Waals surface area contributed by atoms with E-state index in [2.05, 4.69) is 19.2 Å². The van der Waals surface area contributed by atoms with Gasteiger partial charge in [0, 0.05) is 12.6 Å². The second-order valence-electron chi connectivity index (χ2n) is 8.06. The Morgan fingerprint density at radius 2 is 1.64 bits per heavy atom. The Kier molecular flexibility index (Phi) is 6.18. The number of hydrogen-bond donors (Lipinski definition) is 0. The van der Waals surface area contributed by atoms with E-state index in [1.807, 2.05) is 35.2 Å². The quantitative estimate of drug-likeness (QED) is 0.221. The summed E-state index contributed by atoms with van der Waals surface area (Å²) in [5, 5.41) is 4.24. The van der Waals surface area contributed by atoms with Crippen molar-refractivity contribution in [3.8, 4) is 17.2 Å². The maximum absolute atomic E-state index is 13.1. The number of carbonyl (C=O) groups is 1. The Balaban J connectivity index is 2.04. The summed E-state index contributed by atoms with van der Waals surface area (Å²) in [4.78, 5) is 15.0. The highest BCUT2D eigenvalue weighted by Crippen LogP contribution is 2.43. The molecule has 6 nitrogen and oxygen atoms in total. The molecule has 1 amide bonds. The summed E-state index contributed by atoms with van der Waals surface area (Å²) in [6, 6.07) is 10.0. The van der Waals surface area contributed by atoms with E-state index >= 15 is 0 Å². The van der Waals surface area contributed by atoms with Gasteiger partial charge < -0.3 is 23.8 Å². The molecule has 1 aliphatic heterocycles. The highest BCUT2D eigenvalue weighted by atomic mass is 16.5. The van der Waals surface area contributed by atoms with Gasteiger partial charge in [0.2, 0.25) is 0 Å². The Hall–Kier alpha value is -3.67. The average Bonchev–Trinajstić information content (AvgIpc) is 2.86. The highest BCUT2D eigenvalue weighted by molar-refractivity contribution is 6.12. The van der Waals surface area contributed by atoms with E-state index in [1.54, 1.807) is 21.3 Å². The molecule has 1 atom stereocenters. The van der Waals surface area contributed by atoms with Crippen LogP contribution in [0.1, 0.15) is 17.5 Å². The van der Waals surface area contributed by atoms with E-state index < -0.39 is 0 Å². The van der Waals surface area contributed by atoms with E-state index in [-0.39, 0.29) is 17.7 Å². The predicted molar refractivity (Wildman–Crippen MR) is 130 cm³/mol. The lowest BCUT2D eigenvalue weighted by Crippen LogP contribution is -2.45. The van der Waals surface area contributed by atoms with E-state index in [4.69, 9.17) is 18.9 Å². The normalized spacial score (nSPS) is 15.2. The van der Waals surface area contributed by atoms with Crippen LogP contribution in [0, 0.1) is 0 Å². The summed E-state index contributed by atoms with van der Waals surface area (Å²) < 4.78 is 21.9. The van der Waals surface area contributed by atoms with Crippen LogP contribution in [0.25, 0.3) is 21.5 Å². The molecule has 6 heteroatoms. The van der Waals surface area contributed by atoms with Gasteiger partial charge in [0.1, 0.15) is 5.75 Å². The summed E-state index contributed by atoms with van der Waals surface area (Å²) in [6.45, 7) is 8.14. The predicted octanol–water partition coefficient (Wildman–Crippen LogP) is 5.01. The maximum atomic E-state index is 13.1. The molecule has 0 aromatic heterocycles. The van der Waals surface area contributed by atoms with Crippen molar-refractivity contribution in [1.29, 1.82) is 0 Å². The smallest absolute Gasteiger partial charge is 0.288 e.